The molecule has 4 nitrogen and oxygen atoms in total. The summed E-state index contributed by atoms with van der Waals surface area (Å²) in [7, 11) is 0. The first kappa shape index (κ1) is 13.9. The number of nitrogens with zero attached hydrogens (tertiary/aromatic N) is 1. The van der Waals surface area contributed by atoms with E-state index in [0.717, 1.165) is 6.54 Å². The summed E-state index contributed by atoms with van der Waals surface area (Å²) >= 11 is 0. The molecule has 19 heavy (non-hydrogen) atoms. The van der Waals surface area contributed by atoms with Crippen LogP contribution in [-0.2, 0) is 9.59 Å². The van der Waals surface area contributed by atoms with Gasteiger partial charge < -0.3 is 10.0 Å². The van der Waals surface area contributed by atoms with Crippen molar-refractivity contribution in [3.8, 4) is 12.3 Å². The lowest BCUT2D eigenvalue weighted by molar-refractivity contribution is -0.145. The Morgan fingerprint density at radius 2 is 1.68 bits per heavy atom. The van der Waals surface area contributed by atoms with Crippen LogP contribution in [0.2, 0.25) is 0 Å². The zero-order chi connectivity index (χ0) is 13.8. The normalized spacial score (nSPS) is 26.5. The van der Waals surface area contributed by atoms with Crippen molar-refractivity contribution in [3.63, 3.8) is 0 Å². The van der Waals surface area contributed by atoms with Gasteiger partial charge in [-0.15, -0.1) is 6.42 Å². The zero-order valence-electron chi connectivity index (χ0n) is 11.2. The van der Waals surface area contributed by atoms with Crippen LogP contribution < -0.4 is 0 Å². The van der Waals surface area contributed by atoms with Gasteiger partial charge in [-0.25, -0.2) is 0 Å². The summed E-state index contributed by atoms with van der Waals surface area (Å²) in [5, 5.41) is 8.96. The predicted octanol–water partition coefficient (Wildman–Crippen LogP) is 1.75. The van der Waals surface area contributed by atoms with E-state index in [0.29, 0.717) is 38.1 Å². The van der Waals surface area contributed by atoms with Gasteiger partial charge in [0.2, 0.25) is 5.91 Å². The van der Waals surface area contributed by atoms with Crippen molar-refractivity contribution in [1.82, 2.24) is 4.90 Å². The number of hydrogen-bond acceptors (Lipinski definition) is 2. The second-order valence-electron chi connectivity index (χ2n) is 5.75. The van der Waals surface area contributed by atoms with Crippen LogP contribution in [0.5, 0.6) is 0 Å². The van der Waals surface area contributed by atoms with E-state index >= 15 is 0 Å². The molecule has 2 aliphatic carbocycles. The molecule has 2 rings (SSSR count). The average Bonchev–Trinajstić information content (AvgIpc) is 3.21. The van der Waals surface area contributed by atoms with Gasteiger partial charge in [-0.1, -0.05) is 5.92 Å². The minimum Gasteiger partial charge on any atom is -0.481 e. The van der Waals surface area contributed by atoms with Crippen LogP contribution in [0.1, 0.15) is 38.5 Å². The molecule has 1 amide bonds. The van der Waals surface area contributed by atoms with Crippen molar-refractivity contribution in [2.75, 3.05) is 13.1 Å². The molecule has 1 N–H and O–H groups in total. The molecule has 0 spiro atoms. The first-order valence-corrected chi connectivity index (χ1v) is 7.07. The van der Waals surface area contributed by atoms with Gasteiger partial charge >= 0.3 is 5.97 Å². The van der Waals surface area contributed by atoms with Crippen molar-refractivity contribution in [2.45, 2.75) is 38.5 Å². The van der Waals surface area contributed by atoms with Gasteiger partial charge in [0.05, 0.1) is 12.5 Å². The van der Waals surface area contributed by atoms with Gasteiger partial charge in [0, 0.05) is 12.5 Å². The van der Waals surface area contributed by atoms with E-state index in [4.69, 9.17) is 11.5 Å². The SMILES string of the molecule is C#CCN(CC1CC1)C(=O)C1CCC(C(=O)O)CC1. The van der Waals surface area contributed by atoms with Crippen LogP contribution >= 0.6 is 0 Å². The van der Waals surface area contributed by atoms with E-state index < -0.39 is 5.97 Å². The molecule has 2 saturated carbocycles. The Balaban J connectivity index is 1.87. The number of carboxylic acid groups (broad SMARTS) is 1. The summed E-state index contributed by atoms with van der Waals surface area (Å²) in [5.74, 6) is 2.30. The van der Waals surface area contributed by atoms with E-state index in [-0.39, 0.29) is 17.7 Å². The molecule has 0 heterocycles. The predicted molar refractivity (Wildman–Crippen MR) is 71.2 cm³/mol. The number of amides is 1. The highest BCUT2D eigenvalue weighted by Gasteiger charge is 2.33. The van der Waals surface area contributed by atoms with Crippen LogP contribution in [0.25, 0.3) is 0 Å². The minimum absolute atomic E-state index is 0.0253. The summed E-state index contributed by atoms with van der Waals surface area (Å²) in [6.45, 7) is 1.16. The van der Waals surface area contributed by atoms with Gasteiger partial charge in [0.15, 0.2) is 0 Å². The third-order valence-electron chi connectivity index (χ3n) is 4.19. The topological polar surface area (TPSA) is 57.6 Å². The van der Waals surface area contributed by atoms with Crippen molar-refractivity contribution in [1.29, 1.82) is 0 Å². The smallest absolute Gasteiger partial charge is 0.306 e. The molecule has 0 aliphatic heterocycles. The fraction of sp³-hybridized carbons (Fsp3) is 0.733. The molecule has 104 valence electrons. The second-order valence-corrected chi connectivity index (χ2v) is 5.75. The van der Waals surface area contributed by atoms with E-state index in [1.54, 1.807) is 4.90 Å². The highest BCUT2D eigenvalue weighted by atomic mass is 16.4. The van der Waals surface area contributed by atoms with Crippen molar-refractivity contribution >= 4 is 11.9 Å². The number of hydrogen-bond donors (Lipinski definition) is 1. The largest absolute Gasteiger partial charge is 0.481 e. The molecular formula is C15H21NO3. The monoisotopic (exact) mass is 263 g/mol. The maximum Gasteiger partial charge on any atom is 0.306 e. The molecule has 0 atom stereocenters. The molecule has 0 aromatic carbocycles. The number of rotatable bonds is 5. The lowest BCUT2D eigenvalue weighted by Gasteiger charge is -2.30. The van der Waals surface area contributed by atoms with Crippen LogP contribution in [0, 0.1) is 30.1 Å². The molecular weight excluding hydrogens is 242 g/mol. The van der Waals surface area contributed by atoms with E-state index in [2.05, 4.69) is 5.92 Å². The molecule has 2 fully saturated rings. The summed E-state index contributed by atoms with van der Waals surface area (Å²) in [5.41, 5.74) is 0. The summed E-state index contributed by atoms with van der Waals surface area (Å²) in [6, 6.07) is 0. The van der Waals surface area contributed by atoms with E-state index in [9.17, 15) is 9.59 Å². The first-order valence-electron chi connectivity index (χ1n) is 7.07. The maximum atomic E-state index is 12.4. The number of aliphatic carboxylic acids is 1. The first-order chi connectivity index (χ1) is 9.11. The summed E-state index contributed by atoms with van der Waals surface area (Å²) < 4.78 is 0. The van der Waals surface area contributed by atoms with Gasteiger partial charge in [-0.3, -0.25) is 9.59 Å². The molecule has 0 saturated heterocycles. The number of carboxylic acids is 1. The Labute approximate surface area is 114 Å². The molecule has 0 aromatic rings. The molecule has 2 aliphatic rings. The molecule has 0 radical (unpaired) electrons. The van der Waals surface area contributed by atoms with Crippen LogP contribution in [0.4, 0.5) is 0 Å². The Morgan fingerprint density at radius 3 is 2.16 bits per heavy atom. The standard InChI is InChI=1S/C15H21NO3/c1-2-9-16(10-11-3-4-11)14(17)12-5-7-13(8-6-12)15(18)19/h1,11-13H,3-10H2,(H,18,19). The number of carbonyl (C=O) groups excluding carboxylic acids is 1. The highest BCUT2D eigenvalue weighted by molar-refractivity contribution is 5.79. The summed E-state index contributed by atoms with van der Waals surface area (Å²) in [6.07, 6.45) is 10.3. The van der Waals surface area contributed by atoms with Crippen LogP contribution in [0.3, 0.4) is 0 Å². The van der Waals surface area contributed by atoms with Crippen LogP contribution in [0.15, 0.2) is 0 Å². The van der Waals surface area contributed by atoms with E-state index in [1.165, 1.54) is 12.8 Å². The maximum absolute atomic E-state index is 12.4. The fourth-order valence-corrected chi connectivity index (χ4v) is 2.80. The van der Waals surface area contributed by atoms with Gasteiger partial charge in [-0.2, -0.15) is 0 Å². The average molecular weight is 263 g/mol. The van der Waals surface area contributed by atoms with Crippen molar-refractivity contribution in [2.24, 2.45) is 17.8 Å². The quantitative estimate of drug-likeness (QED) is 0.769. The number of terminal acetylenes is 1. The molecule has 4 heteroatoms. The van der Waals surface area contributed by atoms with Crippen molar-refractivity contribution in [3.05, 3.63) is 0 Å². The van der Waals surface area contributed by atoms with Gasteiger partial charge in [-0.05, 0) is 44.4 Å². The zero-order valence-corrected chi connectivity index (χ0v) is 11.2. The second kappa shape index (κ2) is 6.10. The third-order valence-corrected chi connectivity index (χ3v) is 4.19. The Hall–Kier alpha value is -1.50. The molecule has 0 unspecified atom stereocenters. The minimum atomic E-state index is -0.732. The Morgan fingerprint density at radius 1 is 1.11 bits per heavy atom. The third kappa shape index (κ3) is 3.73. The van der Waals surface area contributed by atoms with Gasteiger partial charge in [0.25, 0.3) is 0 Å². The molecule has 0 aromatic heterocycles. The fourth-order valence-electron chi connectivity index (χ4n) is 2.80. The highest BCUT2D eigenvalue weighted by Crippen LogP contribution is 2.33. The lowest BCUT2D eigenvalue weighted by Crippen LogP contribution is -2.39. The van der Waals surface area contributed by atoms with Crippen LogP contribution in [-0.4, -0.2) is 35.0 Å². The van der Waals surface area contributed by atoms with E-state index in [1.807, 2.05) is 0 Å². The lowest BCUT2D eigenvalue weighted by atomic mass is 9.81. The van der Waals surface area contributed by atoms with Gasteiger partial charge in [0.1, 0.15) is 0 Å². The molecule has 0 bridgehead atoms. The number of carbonyl (C=O) groups is 2. The summed E-state index contributed by atoms with van der Waals surface area (Å²) in [4.78, 5) is 25.1. The Kier molecular flexibility index (Phi) is 4.47. The van der Waals surface area contributed by atoms with Crippen molar-refractivity contribution < 1.29 is 14.7 Å². The Bertz CT molecular complexity index is 387.